The van der Waals surface area contributed by atoms with Gasteiger partial charge in [0.2, 0.25) is 5.91 Å². The molecule has 138 valence electrons. The number of hydrogen-bond donors (Lipinski definition) is 2. The molecule has 1 aromatic heterocycles. The number of nitrogens with zero attached hydrogens (tertiary/aromatic N) is 1. The maximum atomic E-state index is 12.7. The van der Waals surface area contributed by atoms with E-state index in [2.05, 4.69) is 10.4 Å². The van der Waals surface area contributed by atoms with Crippen LogP contribution in [0.15, 0.2) is 16.9 Å². The van der Waals surface area contributed by atoms with Crippen LogP contribution in [-0.4, -0.2) is 28.2 Å². The molecule has 1 amide bonds. The summed E-state index contributed by atoms with van der Waals surface area (Å²) < 4.78 is 12.7. The number of hydrogen-bond acceptors (Lipinski definition) is 5. The van der Waals surface area contributed by atoms with Gasteiger partial charge < -0.3 is 14.8 Å². The van der Waals surface area contributed by atoms with E-state index >= 15 is 0 Å². The van der Waals surface area contributed by atoms with Crippen LogP contribution in [0.2, 0.25) is 5.02 Å². The van der Waals surface area contributed by atoms with Gasteiger partial charge in [-0.05, 0) is 26.0 Å². The molecule has 9 heteroatoms. The van der Waals surface area contributed by atoms with E-state index in [1.165, 1.54) is 11.8 Å². The molecule has 0 spiro atoms. The van der Waals surface area contributed by atoms with Gasteiger partial charge >= 0.3 is 0 Å². The summed E-state index contributed by atoms with van der Waals surface area (Å²) >= 11 is 7.68. The Morgan fingerprint density at radius 3 is 2.92 bits per heavy atom. The first-order valence-electron chi connectivity index (χ1n) is 8.24. The van der Waals surface area contributed by atoms with E-state index < -0.39 is 0 Å². The molecule has 2 aliphatic heterocycles. The molecule has 0 saturated carbocycles. The Labute approximate surface area is 159 Å². The zero-order valence-electron chi connectivity index (χ0n) is 14.3. The third-order valence-corrected chi connectivity index (χ3v) is 5.84. The van der Waals surface area contributed by atoms with Gasteiger partial charge in [0.1, 0.15) is 11.6 Å². The zero-order valence-corrected chi connectivity index (χ0v) is 15.9. The van der Waals surface area contributed by atoms with Crippen LogP contribution in [0.25, 0.3) is 0 Å². The first-order valence-corrected chi connectivity index (χ1v) is 9.67. The van der Waals surface area contributed by atoms with E-state index in [1.807, 2.05) is 13.8 Å². The summed E-state index contributed by atoms with van der Waals surface area (Å²) in [5.41, 5.74) is 1.90. The largest absolute Gasteiger partial charge is 0.467 e. The van der Waals surface area contributed by atoms with Gasteiger partial charge in [0.05, 0.1) is 23.2 Å². The summed E-state index contributed by atoms with van der Waals surface area (Å²) in [6.07, 6.45) is 0. The van der Waals surface area contributed by atoms with Gasteiger partial charge in [-0.1, -0.05) is 11.6 Å². The van der Waals surface area contributed by atoms with E-state index in [4.69, 9.17) is 21.1 Å². The predicted molar refractivity (Wildman–Crippen MR) is 100 cm³/mol. The highest BCUT2D eigenvalue weighted by atomic mass is 35.5. The van der Waals surface area contributed by atoms with Gasteiger partial charge in [-0.15, -0.1) is 11.8 Å². The second kappa shape index (κ2) is 6.68. The number of aromatic amines is 1. The fourth-order valence-electron chi connectivity index (χ4n) is 3.28. The second-order valence-electron chi connectivity index (χ2n) is 6.50. The molecule has 0 fully saturated rings. The molecule has 0 bridgehead atoms. The highest BCUT2D eigenvalue weighted by Crippen LogP contribution is 2.46. The average Bonchev–Trinajstić information content (AvgIpc) is 2.81. The fourth-order valence-corrected chi connectivity index (χ4v) is 4.66. The Hall–Kier alpha value is -1.90. The lowest BCUT2D eigenvalue weighted by atomic mass is 10.0. The van der Waals surface area contributed by atoms with Crippen molar-refractivity contribution < 1.29 is 14.3 Å². The Kier molecular flexibility index (Phi) is 4.50. The van der Waals surface area contributed by atoms with Crippen LogP contribution in [0, 0.1) is 0 Å². The molecule has 1 atom stereocenters. The van der Waals surface area contributed by atoms with Crippen LogP contribution in [-0.2, 0) is 16.1 Å². The number of halogens is 1. The van der Waals surface area contributed by atoms with Crippen molar-refractivity contribution in [1.82, 2.24) is 9.78 Å². The zero-order chi connectivity index (χ0) is 18.4. The SMILES string of the molecule is CC(C)n1[nH]c(=O)c2c1NC(=O)CSC2c1cc(Cl)cc2c1OCOC2. The summed E-state index contributed by atoms with van der Waals surface area (Å²) in [7, 11) is 0. The first kappa shape index (κ1) is 17.5. The van der Waals surface area contributed by atoms with Crippen LogP contribution >= 0.6 is 23.4 Å². The summed E-state index contributed by atoms with van der Waals surface area (Å²) in [5, 5.41) is 5.86. The van der Waals surface area contributed by atoms with Crippen molar-refractivity contribution in [2.45, 2.75) is 31.7 Å². The number of anilines is 1. The van der Waals surface area contributed by atoms with Crippen molar-refractivity contribution in [3.05, 3.63) is 44.2 Å². The van der Waals surface area contributed by atoms with Crippen LogP contribution < -0.4 is 15.6 Å². The normalized spacial score (nSPS) is 19.4. The van der Waals surface area contributed by atoms with Gasteiger partial charge in [-0.25, -0.2) is 0 Å². The van der Waals surface area contributed by atoms with Gasteiger partial charge in [-0.3, -0.25) is 19.4 Å². The van der Waals surface area contributed by atoms with E-state index in [0.717, 1.165) is 11.1 Å². The van der Waals surface area contributed by atoms with E-state index in [9.17, 15) is 9.59 Å². The number of benzene rings is 1. The van der Waals surface area contributed by atoms with Crippen molar-refractivity contribution in [3.63, 3.8) is 0 Å². The summed E-state index contributed by atoms with van der Waals surface area (Å²) in [4.78, 5) is 25.0. The third-order valence-electron chi connectivity index (χ3n) is 4.37. The molecule has 1 aromatic carbocycles. The fraction of sp³-hybridized carbons (Fsp3) is 0.412. The van der Waals surface area contributed by atoms with E-state index in [0.29, 0.717) is 28.8 Å². The molecular formula is C17H18ClN3O4S. The number of thioether (sulfide) groups is 1. The quantitative estimate of drug-likeness (QED) is 0.816. The molecule has 4 rings (SSSR count). The number of H-pyrrole nitrogens is 1. The Bertz CT molecular complexity index is 937. The van der Waals surface area contributed by atoms with Gasteiger partial charge in [-0.2, -0.15) is 0 Å². The molecule has 0 aliphatic carbocycles. The van der Waals surface area contributed by atoms with Crippen LogP contribution in [0.3, 0.4) is 0 Å². The van der Waals surface area contributed by atoms with Crippen molar-refractivity contribution in [2.24, 2.45) is 0 Å². The number of carbonyl (C=O) groups is 1. The van der Waals surface area contributed by atoms with E-state index in [-0.39, 0.29) is 35.3 Å². The van der Waals surface area contributed by atoms with Gasteiger partial charge in [0.25, 0.3) is 5.56 Å². The minimum absolute atomic E-state index is 0.00609. The summed E-state index contributed by atoms with van der Waals surface area (Å²) in [6, 6.07) is 3.59. The lowest BCUT2D eigenvalue weighted by Crippen LogP contribution is -2.17. The van der Waals surface area contributed by atoms with Crippen LogP contribution in [0.4, 0.5) is 5.82 Å². The number of aromatic nitrogens is 2. The monoisotopic (exact) mass is 395 g/mol. The third kappa shape index (κ3) is 2.91. The first-order chi connectivity index (χ1) is 12.5. The summed E-state index contributed by atoms with van der Waals surface area (Å²) in [5.74, 6) is 1.27. The molecule has 1 unspecified atom stereocenters. The minimum atomic E-state index is -0.377. The molecule has 0 radical (unpaired) electrons. The van der Waals surface area contributed by atoms with E-state index in [1.54, 1.807) is 16.8 Å². The lowest BCUT2D eigenvalue weighted by molar-refractivity contribution is -0.113. The Balaban J connectivity index is 1.93. The highest BCUT2D eigenvalue weighted by molar-refractivity contribution is 8.00. The number of carbonyl (C=O) groups excluding carboxylic acids is 1. The predicted octanol–water partition coefficient (Wildman–Crippen LogP) is 3.05. The van der Waals surface area contributed by atoms with Crippen molar-refractivity contribution in [1.29, 1.82) is 0 Å². The molecule has 7 nitrogen and oxygen atoms in total. The molecule has 3 heterocycles. The second-order valence-corrected chi connectivity index (χ2v) is 8.03. The van der Waals surface area contributed by atoms with Crippen molar-refractivity contribution in [2.75, 3.05) is 17.9 Å². The van der Waals surface area contributed by atoms with Crippen LogP contribution in [0.5, 0.6) is 5.75 Å². The molecule has 2 N–H and O–H groups in total. The average molecular weight is 396 g/mol. The maximum Gasteiger partial charge on any atom is 0.270 e. The van der Waals surface area contributed by atoms with Crippen molar-refractivity contribution >= 4 is 35.1 Å². The van der Waals surface area contributed by atoms with Gasteiger partial charge in [0, 0.05) is 22.2 Å². The Morgan fingerprint density at radius 2 is 2.15 bits per heavy atom. The molecule has 26 heavy (non-hydrogen) atoms. The molecule has 2 aliphatic rings. The smallest absolute Gasteiger partial charge is 0.270 e. The van der Waals surface area contributed by atoms with Gasteiger partial charge in [0.15, 0.2) is 6.79 Å². The number of fused-ring (bicyclic) bond motifs is 2. The molecule has 2 aromatic rings. The number of amides is 1. The number of ether oxygens (including phenoxy) is 2. The number of rotatable bonds is 2. The topological polar surface area (TPSA) is 85.4 Å². The standard InChI is InChI=1S/C17H18ClN3O4S/c1-8(2)21-16-13(17(23)20-21)15(26-6-12(22)19-16)11-4-10(18)3-9-5-24-7-25-14(9)11/h3-4,8,15H,5-7H2,1-2H3,(H,19,22)(H,20,23). The highest BCUT2D eigenvalue weighted by Gasteiger charge is 2.34. The minimum Gasteiger partial charge on any atom is -0.467 e. The molecular weight excluding hydrogens is 378 g/mol. The Morgan fingerprint density at radius 1 is 1.35 bits per heavy atom. The maximum absolute atomic E-state index is 12.7. The number of nitrogens with one attached hydrogen (secondary N) is 2. The van der Waals surface area contributed by atoms with Crippen molar-refractivity contribution in [3.8, 4) is 5.75 Å². The van der Waals surface area contributed by atoms with Crippen LogP contribution in [0.1, 0.15) is 41.8 Å². The summed E-state index contributed by atoms with van der Waals surface area (Å²) in [6.45, 7) is 4.42. The lowest BCUT2D eigenvalue weighted by Gasteiger charge is -2.24. The molecule has 0 saturated heterocycles.